The van der Waals surface area contributed by atoms with Crippen LogP contribution in [0.3, 0.4) is 0 Å². The van der Waals surface area contributed by atoms with E-state index in [0.717, 1.165) is 11.3 Å². The van der Waals surface area contributed by atoms with Gasteiger partial charge in [-0.2, -0.15) is 0 Å². The molecule has 1 amide bonds. The van der Waals surface area contributed by atoms with Crippen LogP contribution < -0.4 is 4.74 Å². The fraction of sp³-hybridized carbons (Fsp3) is 0.348. The molecular weight excluding hydrogens is 396 g/mol. The van der Waals surface area contributed by atoms with Gasteiger partial charge in [0.2, 0.25) is 5.82 Å². The highest BCUT2D eigenvalue weighted by molar-refractivity contribution is 5.91. The van der Waals surface area contributed by atoms with Gasteiger partial charge in [-0.3, -0.25) is 4.79 Å². The Kier molecular flexibility index (Phi) is 5.17. The molecule has 0 radical (unpaired) electrons. The zero-order chi connectivity index (χ0) is 21.3. The molecule has 0 unspecified atom stereocenters. The van der Waals surface area contributed by atoms with Crippen LogP contribution in [0.1, 0.15) is 23.5 Å². The average molecular weight is 420 g/mol. The molecule has 0 saturated carbocycles. The number of aromatic nitrogens is 3. The third kappa shape index (κ3) is 3.80. The number of nitrogens with zero attached hydrogens (tertiary/aromatic N) is 4. The van der Waals surface area contributed by atoms with Crippen LogP contribution in [0.15, 0.2) is 54.6 Å². The summed E-state index contributed by atoms with van der Waals surface area (Å²) in [5, 5.41) is 4.59. The third-order valence-electron chi connectivity index (χ3n) is 5.75. The highest BCUT2D eigenvalue weighted by Gasteiger charge is 2.41. The van der Waals surface area contributed by atoms with Crippen molar-refractivity contribution in [1.82, 2.24) is 19.7 Å². The Morgan fingerprint density at radius 1 is 1.03 bits per heavy atom. The lowest BCUT2D eigenvalue weighted by molar-refractivity contribution is -0.181. The van der Waals surface area contributed by atoms with Crippen LogP contribution >= 0.6 is 0 Å². The number of carbonyl (C=O) groups excluding carboxylic acids is 1. The van der Waals surface area contributed by atoms with Crippen LogP contribution in [-0.2, 0) is 9.47 Å². The van der Waals surface area contributed by atoms with Gasteiger partial charge in [0.15, 0.2) is 11.6 Å². The van der Waals surface area contributed by atoms with Crippen molar-refractivity contribution >= 4 is 5.91 Å². The van der Waals surface area contributed by atoms with Gasteiger partial charge in [0.25, 0.3) is 5.91 Å². The number of methoxy groups -OCH3 is 1. The predicted octanol–water partition coefficient (Wildman–Crippen LogP) is 2.92. The van der Waals surface area contributed by atoms with Crippen molar-refractivity contribution in [3.05, 3.63) is 60.4 Å². The number of amides is 1. The van der Waals surface area contributed by atoms with Crippen molar-refractivity contribution in [2.75, 3.05) is 33.4 Å². The highest BCUT2D eigenvalue weighted by atomic mass is 16.7. The van der Waals surface area contributed by atoms with E-state index in [0.29, 0.717) is 50.7 Å². The van der Waals surface area contributed by atoms with Crippen LogP contribution in [0.25, 0.3) is 17.1 Å². The second-order valence-corrected chi connectivity index (χ2v) is 7.64. The number of benzene rings is 2. The van der Waals surface area contributed by atoms with Crippen LogP contribution in [0.5, 0.6) is 5.75 Å². The van der Waals surface area contributed by atoms with E-state index in [2.05, 4.69) is 10.1 Å². The lowest BCUT2D eigenvalue weighted by atomic mass is 10.0. The van der Waals surface area contributed by atoms with Crippen molar-refractivity contribution in [2.45, 2.75) is 18.6 Å². The zero-order valence-corrected chi connectivity index (χ0v) is 17.4. The van der Waals surface area contributed by atoms with Gasteiger partial charge < -0.3 is 19.1 Å². The van der Waals surface area contributed by atoms with Gasteiger partial charge in [0.1, 0.15) is 5.75 Å². The van der Waals surface area contributed by atoms with E-state index in [-0.39, 0.29) is 11.7 Å². The first kappa shape index (κ1) is 19.7. The zero-order valence-electron chi connectivity index (χ0n) is 17.4. The summed E-state index contributed by atoms with van der Waals surface area (Å²) < 4.78 is 18.6. The average Bonchev–Trinajstić information content (AvgIpc) is 3.48. The summed E-state index contributed by atoms with van der Waals surface area (Å²) in [6.07, 6.45) is 1.31. The predicted molar refractivity (Wildman–Crippen MR) is 113 cm³/mol. The maximum atomic E-state index is 13.2. The number of piperidine rings is 1. The van der Waals surface area contributed by atoms with Crippen LogP contribution in [-0.4, -0.2) is 64.8 Å². The molecule has 2 aliphatic heterocycles. The fourth-order valence-corrected chi connectivity index (χ4v) is 4.08. The summed E-state index contributed by atoms with van der Waals surface area (Å²) in [5.41, 5.74) is 1.65. The SMILES string of the molecule is COc1cccc(-c2nc(C(=O)N3CCC4(CC3)OCCO4)nn2-c2ccccc2)c1. The maximum Gasteiger partial charge on any atom is 0.293 e. The van der Waals surface area contributed by atoms with Crippen molar-refractivity contribution < 1.29 is 19.0 Å². The Bertz CT molecular complexity index is 1070. The Hall–Kier alpha value is -3.23. The van der Waals surface area contributed by atoms with Crippen molar-refractivity contribution in [3.63, 3.8) is 0 Å². The molecule has 3 aromatic rings. The molecule has 31 heavy (non-hydrogen) atoms. The maximum absolute atomic E-state index is 13.2. The number of likely N-dealkylation sites (tertiary alicyclic amines) is 1. The van der Waals surface area contributed by atoms with Gasteiger partial charge in [-0.1, -0.05) is 30.3 Å². The Morgan fingerprint density at radius 2 is 1.77 bits per heavy atom. The van der Waals surface area contributed by atoms with Gasteiger partial charge >= 0.3 is 0 Å². The second-order valence-electron chi connectivity index (χ2n) is 7.64. The fourth-order valence-electron chi connectivity index (χ4n) is 4.08. The van der Waals surface area contributed by atoms with E-state index in [1.165, 1.54) is 0 Å². The summed E-state index contributed by atoms with van der Waals surface area (Å²) in [6, 6.07) is 17.3. The Balaban J connectivity index is 1.47. The highest BCUT2D eigenvalue weighted by Crippen LogP contribution is 2.32. The minimum Gasteiger partial charge on any atom is -0.497 e. The number of hydrogen-bond donors (Lipinski definition) is 0. The molecule has 0 atom stereocenters. The summed E-state index contributed by atoms with van der Waals surface area (Å²) in [5.74, 6) is 0.757. The first-order valence-corrected chi connectivity index (χ1v) is 10.4. The number of para-hydroxylation sites is 1. The first-order chi connectivity index (χ1) is 15.2. The molecule has 0 bridgehead atoms. The number of carbonyl (C=O) groups is 1. The molecule has 0 N–H and O–H groups in total. The third-order valence-corrected chi connectivity index (χ3v) is 5.75. The van der Waals surface area contributed by atoms with E-state index in [1.54, 1.807) is 16.7 Å². The van der Waals surface area contributed by atoms with Gasteiger partial charge in [-0.25, -0.2) is 9.67 Å². The van der Waals surface area contributed by atoms with E-state index >= 15 is 0 Å². The smallest absolute Gasteiger partial charge is 0.293 e. The van der Waals surface area contributed by atoms with Crippen molar-refractivity contribution in [2.24, 2.45) is 0 Å². The van der Waals surface area contributed by atoms with Gasteiger partial charge in [0, 0.05) is 31.5 Å². The van der Waals surface area contributed by atoms with Crippen molar-refractivity contribution in [3.8, 4) is 22.8 Å². The molecule has 2 aliphatic rings. The molecule has 160 valence electrons. The van der Waals surface area contributed by atoms with Crippen LogP contribution in [0.2, 0.25) is 0 Å². The normalized spacial score (nSPS) is 17.8. The lowest BCUT2D eigenvalue weighted by Gasteiger charge is -2.37. The summed E-state index contributed by atoms with van der Waals surface area (Å²) in [6.45, 7) is 2.32. The molecule has 1 aromatic heterocycles. The Labute approximate surface area is 180 Å². The first-order valence-electron chi connectivity index (χ1n) is 10.4. The summed E-state index contributed by atoms with van der Waals surface area (Å²) in [4.78, 5) is 19.6. The number of ether oxygens (including phenoxy) is 3. The number of rotatable bonds is 4. The molecule has 2 saturated heterocycles. The molecule has 1 spiro atoms. The van der Waals surface area contributed by atoms with Crippen LogP contribution in [0, 0.1) is 0 Å². The van der Waals surface area contributed by atoms with E-state index in [4.69, 9.17) is 14.2 Å². The largest absolute Gasteiger partial charge is 0.497 e. The minimum atomic E-state index is -0.528. The van der Waals surface area contributed by atoms with Gasteiger partial charge in [0.05, 0.1) is 26.0 Å². The number of hydrogen-bond acceptors (Lipinski definition) is 6. The molecule has 8 nitrogen and oxygen atoms in total. The second kappa shape index (κ2) is 8.13. The van der Waals surface area contributed by atoms with E-state index in [1.807, 2.05) is 54.6 Å². The molecule has 5 rings (SSSR count). The quantitative estimate of drug-likeness (QED) is 0.646. The monoisotopic (exact) mass is 420 g/mol. The van der Waals surface area contributed by atoms with Crippen LogP contribution in [0.4, 0.5) is 0 Å². The molecular formula is C23H24N4O4. The molecule has 2 aromatic carbocycles. The topological polar surface area (TPSA) is 78.7 Å². The standard InChI is InChI=1S/C23H24N4O4/c1-29-19-9-5-6-17(16-19)21-24-20(25-27(21)18-7-3-2-4-8-18)22(28)26-12-10-23(11-13-26)30-14-15-31-23/h2-9,16H,10-15H2,1H3. The summed E-state index contributed by atoms with van der Waals surface area (Å²) >= 11 is 0. The molecule has 2 fully saturated rings. The van der Waals surface area contributed by atoms with Gasteiger partial charge in [-0.05, 0) is 24.3 Å². The summed E-state index contributed by atoms with van der Waals surface area (Å²) in [7, 11) is 1.62. The van der Waals surface area contributed by atoms with Crippen molar-refractivity contribution in [1.29, 1.82) is 0 Å². The lowest BCUT2D eigenvalue weighted by Crippen LogP contribution is -2.47. The molecule has 0 aliphatic carbocycles. The Morgan fingerprint density at radius 3 is 2.48 bits per heavy atom. The molecule has 3 heterocycles. The van der Waals surface area contributed by atoms with E-state index in [9.17, 15) is 4.79 Å². The minimum absolute atomic E-state index is 0.172. The van der Waals surface area contributed by atoms with E-state index < -0.39 is 5.79 Å². The molecule has 8 heteroatoms. The van der Waals surface area contributed by atoms with Gasteiger partial charge in [-0.15, -0.1) is 5.10 Å².